The maximum atomic E-state index is 13.5. The molecule has 0 heterocycles. The number of rotatable bonds is 8. The molecule has 3 aromatic carbocycles. The highest BCUT2D eigenvalue weighted by Gasteiger charge is 2.11. The van der Waals surface area contributed by atoms with Crippen LogP contribution in [-0.2, 0) is 4.79 Å². The van der Waals surface area contributed by atoms with E-state index in [9.17, 15) is 24.1 Å². The summed E-state index contributed by atoms with van der Waals surface area (Å²) in [6.45, 7) is -0.305. The molecule has 3 aromatic rings. The standard InChI is InChI=1S/C22H17FN4O5/c23-19-6-1-2-7-20(19)25-21(28)14-32-18-10-8-15(9-11-18)13-24-26-22(29)16-4-3-5-17(12-16)27(30)31/h1-13H,14H2,(H,25,28)(H,26,29)/b24-13+. The van der Waals surface area contributed by atoms with E-state index in [-0.39, 0.29) is 23.5 Å². The molecular weight excluding hydrogens is 419 g/mol. The third-order valence-electron chi connectivity index (χ3n) is 4.10. The number of non-ortho nitro benzene ring substituents is 1. The van der Waals surface area contributed by atoms with Crippen molar-refractivity contribution in [3.05, 3.63) is 99.9 Å². The second-order valence-corrected chi connectivity index (χ2v) is 6.39. The number of nitro benzene ring substituents is 1. The second-order valence-electron chi connectivity index (χ2n) is 6.39. The number of hydrazone groups is 1. The molecule has 2 N–H and O–H groups in total. The number of carbonyl (C=O) groups excluding carboxylic acids is 2. The lowest BCUT2D eigenvalue weighted by atomic mass is 10.2. The molecule has 10 heteroatoms. The van der Waals surface area contributed by atoms with Gasteiger partial charge in [-0.1, -0.05) is 18.2 Å². The van der Waals surface area contributed by atoms with Gasteiger partial charge in [0.2, 0.25) is 0 Å². The Balaban J connectivity index is 1.49. The fraction of sp³-hybridized carbons (Fsp3) is 0.0455. The molecule has 0 saturated heterocycles. The second kappa shape index (κ2) is 10.4. The number of hydrogen-bond acceptors (Lipinski definition) is 6. The van der Waals surface area contributed by atoms with E-state index in [2.05, 4.69) is 15.8 Å². The Kier molecular flexibility index (Phi) is 7.20. The largest absolute Gasteiger partial charge is 0.484 e. The SMILES string of the molecule is O=C(COc1ccc(/C=N/NC(=O)c2cccc([N+](=O)[O-])c2)cc1)Nc1ccccc1F. The lowest BCUT2D eigenvalue weighted by Gasteiger charge is -2.08. The molecule has 0 spiro atoms. The number of hydrogen-bond donors (Lipinski definition) is 2. The summed E-state index contributed by atoms with van der Waals surface area (Å²) < 4.78 is 18.9. The monoisotopic (exact) mass is 436 g/mol. The van der Waals surface area contributed by atoms with Gasteiger partial charge in [0.05, 0.1) is 16.8 Å². The van der Waals surface area contributed by atoms with E-state index < -0.39 is 22.6 Å². The first-order chi connectivity index (χ1) is 15.4. The summed E-state index contributed by atoms with van der Waals surface area (Å²) in [5.41, 5.74) is 2.90. The molecule has 9 nitrogen and oxygen atoms in total. The molecule has 0 aliphatic heterocycles. The molecule has 0 unspecified atom stereocenters. The predicted molar refractivity (Wildman–Crippen MR) is 115 cm³/mol. The van der Waals surface area contributed by atoms with E-state index in [4.69, 9.17) is 4.74 Å². The Hall–Kier alpha value is -4.60. The number of nitrogens with one attached hydrogen (secondary N) is 2. The molecule has 0 saturated carbocycles. The first-order valence-electron chi connectivity index (χ1n) is 9.27. The van der Waals surface area contributed by atoms with Crippen LogP contribution >= 0.6 is 0 Å². The van der Waals surface area contributed by atoms with Crippen molar-refractivity contribution in [2.45, 2.75) is 0 Å². The van der Waals surface area contributed by atoms with Gasteiger partial charge in [0.15, 0.2) is 6.61 Å². The average molecular weight is 436 g/mol. The molecule has 0 fully saturated rings. The van der Waals surface area contributed by atoms with Crippen molar-refractivity contribution >= 4 is 29.4 Å². The normalized spacial score (nSPS) is 10.5. The summed E-state index contributed by atoms with van der Waals surface area (Å²) in [6, 6.07) is 17.6. The zero-order chi connectivity index (χ0) is 22.9. The number of anilines is 1. The molecule has 2 amide bonds. The maximum Gasteiger partial charge on any atom is 0.271 e. The van der Waals surface area contributed by atoms with Crippen LogP contribution in [0.1, 0.15) is 15.9 Å². The van der Waals surface area contributed by atoms with Crippen LogP contribution < -0.4 is 15.5 Å². The van der Waals surface area contributed by atoms with Crippen molar-refractivity contribution in [2.75, 3.05) is 11.9 Å². The number of para-hydroxylation sites is 1. The van der Waals surface area contributed by atoms with Crippen LogP contribution in [0, 0.1) is 15.9 Å². The first kappa shape index (κ1) is 22.1. The Bertz CT molecular complexity index is 1160. The van der Waals surface area contributed by atoms with Gasteiger partial charge in [-0.3, -0.25) is 19.7 Å². The zero-order valence-corrected chi connectivity index (χ0v) is 16.5. The van der Waals surface area contributed by atoms with Gasteiger partial charge in [-0.2, -0.15) is 5.10 Å². The van der Waals surface area contributed by atoms with E-state index in [1.165, 1.54) is 42.6 Å². The van der Waals surface area contributed by atoms with Crippen molar-refractivity contribution in [1.82, 2.24) is 5.43 Å². The van der Waals surface area contributed by atoms with Gasteiger partial charge in [0.25, 0.3) is 17.5 Å². The highest BCUT2D eigenvalue weighted by Crippen LogP contribution is 2.14. The molecule has 0 aliphatic carbocycles. The summed E-state index contributed by atoms with van der Waals surface area (Å²) in [4.78, 5) is 34.1. The van der Waals surface area contributed by atoms with Crippen LogP contribution in [0.25, 0.3) is 0 Å². The molecular formula is C22H17FN4O5. The number of nitro groups is 1. The Morgan fingerprint density at radius 3 is 2.53 bits per heavy atom. The Labute approximate surface area is 181 Å². The molecule has 32 heavy (non-hydrogen) atoms. The summed E-state index contributed by atoms with van der Waals surface area (Å²) in [7, 11) is 0. The molecule has 0 radical (unpaired) electrons. The maximum absolute atomic E-state index is 13.5. The molecule has 0 bridgehead atoms. The van der Waals surface area contributed by atoms with Gasteiger partial charge in [0, 0.05) is 17.7 Å². The minimum atomic E-state index is -0.592. The quantitative estimate of drug-likeness (QED) is 0.318. The molecule has 162 valence electrons. The zero-order valence-electron chi connectivity index (χ0n) is 16.5. The first-order valence-corrected chi connectivity index (χ1v) is 9.27. The fourth-order valence-electron chi connectivity index (χ4n) is 2.54. The van der Waals surface area contributed by atoms with Crippen molar-refractivity contribution in [3.8, 4) is 5.75 Å². The Morgan fingerprint density at radius 2 is 1.81 bits per heavy atom. The summed E-state index contributed by atoms with van der Waals surface area (Å²) >= 11 is 0. The number of carbonyl (C=O) groups is 2. The van der Waals surface area contributed by atoms with E-state index in [1.807, 2.05) is 0 Å². The van der Waals surface area contributed by atoms with Crippen LogP contribution in [0.2, 0.25) is 0 Å². The van der Waals surface area contributed by atoms with Gasteiger partial charge < -0.3 is 10.1 Å². The van der Waals surface area contributed by atoms with Crippen molar-refractivity contribution in [2.24, 2.45) is 5.10 Å². The number of halogens is 1. The van der Waals surface area contributed by atoms with Crippen LogP contribution in [0.3, 0.4) is 0 Å². The van der Waals surface area contributed by atoms with Crippen molar-refractivity contribution in [1.29, 1.82) is 0 Å². The third-order valence-corrected chi connectivity index (χ3v) is 4.10. The summed E-state index contributed by atoms with van der Waals surface area (Å²) in [5.74, 6) is -1.23. The van der Waals surface area contributed by atoms with Gasteiger partial charge in [-0.25, -0.2) is 9.82 Å². The van der Waals surface area contributed by atoms with Crippen LogP contribution in [0.5, 0.6) is 5.75 Å². The molecule has 0 aliphatic rings. The number of benzene rings is 3. The lowest BCUT2D eigenvalue weighted by Crippen LogP contribution is -2.20. The number of amides is 2. The third kappa shape index (κ3) is 6.20. The summed E-state index contributed by atoms with van der Waals surface area (Å²) in [6.07, 6.45) is 1.38. The highest BCUT2D eigenvalue weighted by molar-refractivity contribution is 5.95. The minimum Gasteiger partial charge on any atom is -0.484 e. The highest BCUT2D eigenvalue weighted by atomic mass is 19.1. The van der Waals surface area contributed by atoms with Crippen molar-refractivity contribution < 1.29 is 23.6 Å². The van der Waals surface area contributed by atoms with Gasteiger partial charge in [0.1, 0.15) is 11.6 Å². The van der Waals surface area contributed by atoms with Crippen LogP contribution in [-0.4, -0.2) is 29.6 Å². The van der Waals surface area contributed by atoms with Crippen LogP contribution in [0.4, 0.5) is 15.8 Å². The van der Waals surface area contributed by atoms with Crippen LogP contribution in [0.15, 0.2) is 77.9 Å². The summed E-state index contributed by atoms with van der Waals surface area (Å²) in [5, 5.41) is 17.0. The van der Waals surface area contributed by atoms with Gasteiger partial charge in [-0.15, -0.1) is 0 Å². The van der Waals surface area contributed by atoms with E-state index >= 15 is 0 Å². The number of ether oxygens (including phenoxy) is 1. The van der Waals surface area contributed by atoms with Gasteiger partial charge in [-0.05, 0) is 48.0 Å². The number of nitrogens with zero attached hydrogens (tertiary/aromatic N) is 2. The topological polar surface area (TPSA) is 123 Å². The Morgan fingerprint density at radius 1 is 1.06 bits per heavy atom. The fourth-order valence-corrected chi connectivity index (χ4v) is 2.54. The molecule has 0 atom stereocenters. The van der Waals surface area contributed by atoms with E-state index in [0.717, 1.165) is 6.07 Å². The molecule has 0 aromatic heterocycles. The van der Waals surface area contributed by atoms with E-state index in [1.54, 1.807) is 30.3 Å². The van der Waals surface area contributed by atoms with Gasteiger partial charge >= 0.3 is 0 Å². The smallest absolute Gasteiger partial charge is 0.271 e. The minimum absolute atomic E-state index is 0.0693. The average Bonchev–Trinajstić information content (AvgIpc) is 2.80. The molecule has 3 rings (SSSR count). The van der Waals surface area contributed by atoms with E-state index in [0.29, 0.717) is 11.3 Å². The lowest BCUT2D eigenvalue weighted by molar-refractivity contribution is -0.384. The van der Waals surface area contributed by atoms with Crippen molar-refractivity contribution in [3.63, 3.8) is 0 Å². The predicted octanol–water partition coefficient (Wildman–Crippen LogP) is 3.52.